The fourth-order valence-electron chi connectivity index (χ4n) is 2.73. The van der Waals surface area contributed by atoms with Crippen molar-refractivity contribution in [2.24, 2.45) is 0 Å². The maximum absolute atomic E-state index is 12.7. The molecule has 0 aliphatic heterocycles. The van der Waals surface area contributed by atoms with Crippen molar-refractivity contribution in [3.8, 4) is 5.75 Å². The fraction of sp³-hybridized carbons (Fsp3) is 0.143. The van der Waals surface area contributed by atoms with E-state index in [-0.39, 0.29) is 12.1 Å². The number of ether oxygens (including phenoxy) is 1. The van der Waals surface area contributed by atoms with Crippen molar-refractivity contribution in [3.63, 3.8) is 0 Å². The maximum Gasteiger partial charge on any atom is 0.416 e. The Morgan fingerprint density at radius 2 is 1.79 bits per heavy atom. The smallest absolute Gasteiger partial charge is 0.416 e. The van der Waals surface area contributed by atoms with Gasteiger partial charge in [-0.1, -0.05) is 18.2 Å². The van der Waals surface area contributed by atoms with Gasteiger partial charge >= 0.3 is 6.18 Å². The van der Waals surface area contributed by atoms with E-state index in [0.29, 0.717) is 17.0 Å². The van der Waals surface area contributed by atoms with Crippen molar-refractivity contribution in [1.82, 2.24) is 4.57 Å². The molecule has 3 rings (SSSR count). The molecule has 5 nitrogen and oxygen atoms in total. The van der Waals surface area contributed by atoms with Crippen molar-refractivity contribution >= 4 is 11.6 Å². The van der Waals surface area contributed by atoms with E-state index in [2.05, 4.69) is 5.32 Å². The summed E-state index contributed by atoms with van der Waals surface area (Å²) < 4.78 is 44.4. The molecule has 0 unspecified atom stereocenters. The Hall–Kier alpha value is -3.55. The molecule has 0 aliphatic carbocycles. The Labute approximate surface area is 164 Å². The fourth-order valence-corrected chi connectivity index (χ4v) is 2.73. The molecule has 29 heavy (non-hydrogen) atoms. The first-order valence-electron chi connectivity index (χ1n) is 8.59. The van der Waals surface area contributed by atoms with Gasteiger partial charge in [0.25, 0.3) is 11.5 Å². The second-order valence-corrected chi connectivity index (χ2v) is 6.24. The first kappa shape index (κ1) is 20.2. The van der Waals surface area contributed by atoms with Gasteiger partial charge in [0.05, 0.1) is 19.2 Å². The van der Waals surface area contributed by atoms with Gasteiger partial charge in [0.1, 0.15) is 11.3 Å². The predicted octanol–water partition coefficient (Wildman–Crippen LogP) is 4.18. The molecule has 0 atom stereocenters. The van der Waals surface area contributed by atoms with Gasteiger partial charge in [-0.15, -0.1) is 0 Å². The van der Waals surface area contributed by atoms with E-state index >= 15 is 0 Å². The maximum atomic E-state index is 12.7. The van der Waals surface area contributed by atoms with Gasteiger partial charge in [0, 0.05) is 18.0 Å². The van der Waals surface area contributed by atoms with Gasteiger partial charge < -0.3 is 14.6 Å². The Kier molecular flexibility index (Phi) is 5.72. The summed E-state index contributed by atoms with van der Waals surface area (Å²) in [5.74, 6) is -0.0411. The molecule has 0 bridgehead atoms. The number of alkyl halides is 3. The average Bonchev–Trinajstić information content (AvgIpc) is 2.69. The second kappa shape index (κ2) is 8.22. The van der Waals surface area contributed by atoms with Crippen LogP contribution in [0.2, 0.25) is 0 Å². The first-order valence-corrected chi connectivity index (χ1v) is 8.59. The quantitative estimate of drug-likeness (QED) is 0.697. The minimum Gasteiger partial charge on any atom is -0.497 e. The summed E-state index contributed by atoms with van der Waals surface area (Å²) in [6.45, 7) is 0.0389. The number of carbonyl (C=O) groups excluding carboxylic acids is 1. The summed E-state index contributed by atoms with van der Waals surface area (Å²) in [7, 11) is 1.50. The van der Waals surface area contributed by atoms with Crippen LogP contribution >= 0.6 is 0 Å². The number of pyridine rings is 1. The molecule has 0 fully saturated rings. The standard InChI is InChI=1S/C21H17F3N2O3/c1-29-17-5-2-4-16(12-17)25-19(27)18-6-3-11-26(20(18)28)13-14-7-9-15(10-8-14)21(22,23)24/h2-12H,13H2,1H3,(H,25,27). The van der Waals surface area contributed by atoms with Crippen LogP contribution in [0.1, 0.15) is 21.5 Å². The van der Waals surface area contributed by atoms with Crippen LogP contribution in [0, 0.1) is 0 Å². The van der Waals surface area contributed by atoms with Crippen LogP contribution in [0.25, 0.3) is 0 Å². The molecule has 8 heteroatoms. The molecule has 0 saturated carbocycles. The third kappa shape index (κ3) is 4.84. The molecule has 1 heterocycles. The van der Waals surface area contributed by atoms with E-state index in [1.807, 2.05) is 0 Å². The summed E-state index contributed by atoms with van der Waals surface area (Å²) in [4.78, 5) is 25.2. The number of nitrogens with one attached hydrogen (secondary N) is 1. The number of benzene rings is 2. The molecule has 0 spiro atoms. The van der Waals surface area contributed by atoms with Crippen LogP contribution in [-0.2, 0) is 12.7 Å². The number of nitrogens with zero attached hydrogens (tertiary/aromatic N) is 1. The average molecular weight is 402 g/mol. The van der Waals surface area contributed by atoms with Crippen LogP contribution in [0.3, 0.4) is 0 Å². The lowest BCUT2D eigenvalue weighted by Crippen LogP contribution is -2.29. The summed E-state index contributed by atoms with van der Waals surface area (Å²) >= 11 is 0. The molecule has 150 valence electrons. The zero-order chi connectivity index (χ0) is 21.0. The van der Waals surface area contributed by atoms with Gasteiger partial charge in [-0.05, 0) is 42.0 Å². The van der Waals surface area contributed by atoms with E-state index in [1.54, 1.807) is 24.3 Å². The SMILES string of the molecule is COc1cccc(NC(=O)c2cccn(Cc3ccc(C(F)(F)F)cc3)c2=O)c1. The lowest BCUT2D eigenvalue weighted by Gasteiger charge is -2.11. The normalized spacial score (nSPS) is 11.2. The zero-order valence-corrected chi connectivity index (χ0v) is 15.4. The summed E-state index contributed by atoms with van der Waals surface area (Å²) in [5, 5.41) is 2.63. The van der Waals surface area contributed by atoms with E-state index in [1.165, 1.54) is 42.1 Å². The van der Waals surface area contributed by atoms with Gasteiger partial charge in [-0.25, -0.2) is 0 Å². The highest BCUT2D eigenvalue weighted by Crippen LogP contribution is 2.29. The summed E-state index contributed by atoms with van der Waals surface area (Å²) in [5.41, 5.74) is -0.424. The van der Waals surface area contributed by atoms with Gasteiger partial charge in [-0.2, -0.15) is 13.2 Å². The van der Waals surface area contributed by atoms with E-state index in [4.69, 9.17) is 4.74 Å². The number of halogens is 3. The monoisotopic (exact) mass is 402 g/mol. The second-order valence-electron chi connectivity index (χ2n) is 6.24. The van der Waals surface area contributed by atoms with Crippen LogP contribution in [0.15, 0.2) is 71.7 Å². The van der Waals surface area contributed by atoms with Crippen molar-refractivity contribution in [1.29, 1.82) is 0 Å². The number of hydrogen-bond acceptors (Lipinski definition) is 3. The first-order chi connectivity index (χ1) is 13.8. The highest BCUT2D eigenvalue weighted by molar-refractivity contribution is 6.04. The molecule has 3 aromatic rings. The van der Waals surface area contributed by atoms with Gasteiger partial charge in [0.15, 0.2) is 0 Å². The Balaban J connectivity index is 1.80. The third-order valence-corrected chi connectivity index (χ3v) is 4.23. The summed E-state index contributed by atoms with van der Waals surface area (Å²) in [6.07, 6.45) is -2.95. The number of carbonyl (C=O) groups is 1. The van der Waals surface area contributed by atoms with E-state index in [0.717, 1.165) is 12.1 Å². The lowest BCUT2D eigenvalue weighted by molar-refractivity contribution is -0.137. The third-order valence-electron chi connectivity index (χ3n) is 4.23. The number of rotatable bonds is 5. The molecule has 1 N–H and O–H groups in total. The zero-order valence-electron chi connectivity index (χ0n) is 15.4. The van der Waals surface area contributed by atoms with E-state index in [9.17, 15) is 22.8 Å². The Bertz CT molecular complexity index is 1070. The largest absolute Gasteiger partial charge is 0.497 e. The highest BCUT2D eigenvalue weighted by atomic mass is 19.4. The minimum atomic E-state index is -4.42. The van der Waals surface area contributed by atoms with Crippen LogP contribution < -0.4 is 15.6 Å². The minimum absolute atomic E-state index is 0.0389. The molecular weight excluding hydrogens is 385 g/mol. The number of aromatic nitrogens is 1. The molecule has 1 aromatic heterocycles. The van der Waals surface area contributed by atoms with Crippen molar-refractivity contribution in [2.75, 3.05) is 12.4 Å². The van der Waals surface area contributed by atoms with E-state index < -0.39 is 23.2 Å². The number of anilines is 1. The van der Waals surface area contributed by atoms with Gasteiger partial charge in [0.2, 0.25) is 0 Å². The highest BCUT2D eigenvalue weighted by Gasteiger charge is 2.29. The summed E-state index contributed by atoms with van der Waals surface area (Å²) in [6, 6.07) is 14.1. The molecular formula is C21H17F3N2O3. The molecule has 2 aromatic carbocycles. The topological polar surface area (TPSA) is 60.3 Å². The molecule has 0 saturated heterocycles. The van der Waals surface area contributed by atoms with Gasteiger partial charge in [-0.3, -0.25) is 9.59 Å². The van der Waals surface area contributed by atoms with Crippen molar-refractivity contribution in [2.45, 2.75) is 12.7 Å². The van der Waals surface area contributed by atoms with Crippen LogP contribution in [0.5, 0.6) is 5.75 Å². The lowest BCUT2D eigenvalue weighted by atomic mass is 10.1. The van der Waals surface area contributed by atoms with Crippen LogP contribution in [0.4, 0.5) is 18.9 Å². The number of amides is 1. The Morgan fingerprint density at radius 3 is 2.45 bits per heavy atom. The Morgan fingerprint density at radius 1 is 1.07 bits per heavy atom. The molecule has 0 aliphatic rings. The number of hydrogen-bond donors (Lipinski definition) is 1. The van der Waals surface area contributed by atoms with Crippen molar-refractivity contribution < 1.29 is 22.7 Å². The molecule has 1 amide bonds. The van der Waals surface area contributed by atoms with Crippen molar-refractivity contribution in [3.05, 3.63) is 93.9 Å². The van der Waals surface area contributed by atoms with Crippen LogP contribution in [-0.4, -0.2) is 17.6 Å². The number of methoxy groups -OCH3 is 1. The predicted molar refractivity (Wildman–Crippen MR) is 102 cm³/mol. The molecule has 0 radical (unpaired) electrons.